The first-order chi connectivity index (χ1) is 11.5. The van der Waals surface area contributed by atoms with Crippen molar-refractivity contribution in [3.05, 3.63) is 31.7 Å². The van der Waals surface area contributed by atoms with Crippen LogP contribution in [0.1, 0.15) is 53.0 Å². The Kier molecular flexibility index (Phi) is 7.17. The molecule has 2 aromatic rings. The highest BCUT2D eigenvalue weighted by Crippen LogP contribution is 2.19. The van der Waals surface area contributed by atoms with Gasteiger partial charge in [0.2, 0.25) is 0 Å². The topological polar surface area (TPSA) is 62.2 Å². The van der Waals surface area contributed by atoms with E-state index in [0.29, 0.717) is 12.5 Å². The molecule has 0 spiro atoms. The normalized spacial score (nSPS) is 12.0. The van der Waals surface area contributed by atoms with Gasteiger partial charge in [-0.15, -0.1) is 22.7 Å². The zero-order chi connectivity index (χ0) is 17.5. The lowest BCUT2D eigenvalue weighted by Crippen LogP contribution is -2.38. The number of nitrogens with zero attached hydrogens (tertiary/aromatic N) is 3. The van der Waals surface area contributed by atoms with Gasteiger partial charge in [-0.3, -0.25) is 0 Å². The van der Waals surface area contributed by atoms with Gasteiger partial charge in [0.15, 0.2) is 5.96 Å². The molecule has 0 unspecified atom stereocenters. The molecule has 2 rings (SSSR count). The zero-order valence-electron chi connectivity index (χ0n) is 15.1. The summed E-state index contributed by atoms with van der Waals surface area (Å²) in [6.07, 6.45) is 0.906. The molecular weight excluding hydrogens is 338 g/mol. The van der Waals surface area contributed by atoms with Gasteiger partial charge >= 0.3 is 0 Å². The molecule has 0 saturated heterocycles. The number of rotatable bonds is 7. The van der Waals surface area contributed by atoms with Gasteiger partial charge in [0.1, 0.15) is 5.01 Å². The third-order valence-electron chi connectivity index (χ3n) is 3.53. The Bertz CT molecular complexity index is 653. The molecule has 2 N–H and O–H groups in total. The van der Waals surface area contributed by atoms with Crippen molar-refractivity contribution in [1.82, 2.24) is 20.6 Å². The number of thiazole rings is 2. The van der Waals surface area contributed by atoms with Crippen LogP contribution in [-0.2, 0) is 13.0 Å². The van der Waals surface area contributed by atoms with E-state index in [9.17, 15) is 0 Å². The van der Waals surface area contributed by atoms with Gasteiger partial charge in [-0.05, 0) is 20.8 Å². The number of hydrogen-bond acceptors (Lipinski definition) is 5. The molecular formula is C17H27N5S2. The van der Waals surface area contributed by atoms with E-state index in [1.807, 2.05) is 6.92 Å². The van der Waals surface area contributed by atoms with E-state index < -0.39 is 0 Å². The van der Waals surface area contributed by atoms with Crippen molar-refractivity contribution in [2.45, 2.75) is 53.5 Å². The molecule has 5 nitrogen and oxygen atoms in total. The van der Waals surface area contributed by atoms with E-state index in [1.165, 1.54) is 9.88 Å². The zero-order valence-corrected chi connectivity index (χ0v) is 16.8. The molecule has 0 atom stereocenters. The quantitative estimate of drug-likeness (QED) is 0.581. The van der Waals surface area contributed by atoms with Crippen LogP contribution in [0.25, 0.3) is 0 Å². The van der Waals surface area contributed by atoms with Crippen LogP contribution in [0.15, 0.2) is 10.4 Å². The van der Waals surface area contributed by atoms with Crippen LogP contribution in [0.3, 0.4) is 0 Å². The fourth-order valence-electron chi connectivity index (χ4n) is 2.11. The van der Waals surface area contributed by atoms with Gasteiger partial charge in [0, 0.05) is 35.7 Å². The molecule has 0 aliphatic carbocycles. The first-order valence-corrected chi connectivity index (χ1v) is 10.1. The second-order valence-corrected chi connectivity index (χ2v) is 8.13. The van der Waals surface area contributed by atoms with Gasteiger partial charge in [0.05, 0.1) is 22.9 Å². The summed E-state index contributed by atoms with van der Waals surface area (Å²) in [6.45, 7) is 12.9. The van der Waals surface area contributed by atoms with Gasteiger partial charge in [-0.1, -0.05) is 13.8 Å². The molecule has 0 bridgehead atoms. The van der Waals surface area contributed by atoms with Crippen molar-refractivity contribution in [1.29, 1.82) is 0 Å². The van der Waals surface area contributed by atoms with Gasteiger partial charge in [-0.2, -0.15) is 0 Å². The smallest absolute Gasteiger partial charge is 0.191 e. The van der Waals surface area contributed by atoms with Crippen LogP contribution in [0.5, 0.6) is 0 Å². The average molecular weight is 366 g/mol. The Morgan fingerprint density at radius 2 is 2.04 bits per heavy atom. The average Bonchev–Trinajstić information content (AvgIpc) is 3.12. The van der Waals surface area contributed by atoms with Gasteiger partial charge in [-0.25, -0.2) is 15.0 Å². The molecule has 0 aromatic carbocycles. The lowest BCUT2D eigenvalue weighted by molar-refractivity contribution is 0.779. The van der Waals surface area contributed by atoms with E-state index in [-0.39, 0.29) is 0 Å². The molecule has 2 aromatic heterocycles. The fraction of sp³-hybridized carbons (Fsp3) is 0.588. The predicted octanol–water partition coefficient (Wildman–Crippen LogP) is 3.64. The predicted molar refractivity (Wildman–Crippen MR) is 104 cm³/mol. The Labute approximate surface area is 152 Å². The summed E-state index contributed by atoms with van der Waals surface area (Å²) < 4.78 is 0. The highest BCUT2D eigenvalue weighted by molar-refractivity contribution is 7.11. The maximum absolute atomic E-state index is 4.67. The van der Waals surface area contributed by atoms with E-state index in [2.05, 4.69) is 58.7 Å². The number of aromatic nitrogens is 2. The minimum absolute atomic E-state index is 0.501. The lowest BCUT2D eigenvalue weighted by Gasteiger charge is -2.10. The van der Waals surface area contributed by atoms with Crippen LogP contribution < -0.4 is 10.6 Å². The Balaban J connectivity index is 1.86. The number of aryl methyl sites for hydroxylation is 2. The minimum atomic E-state index is 0.501. The Morgan fingerprint density at radius 1 is 1.25 bits per heavy atom. The molecule has 0 amide bonds. The molecule has 24 heavy (non-hydrogen) atoms. The molecule has 0 radical (unpaired) electrons. The van der Waals surface area contributed by atoms with Gasteiger partial charge < -0.3 is 10.6 Å². The summed E-state index contributed by atoms with van der Waals surface area (Å²) in [5.41, 5.74) is 2.26. The number of nitrogens with one attached hydrogen (secondary N) is 2. The summed E-state index contributed by atoms with van der Waals surface area (Å²) in [7, 11) is 0. The van der Waals surface area contributed by atoms with Crippen molar-refractivity contribution >= 4 is 28.6 Å². The molecule has 132 valence electrons. The number of hydrogen-bond donors (Lipinski definition) is 2. The van der Waals surface area contributed by atoms with Gasteiger partial charge in [0.25, 0.3) is 0 Å². The monoisotopic (exact) mass is 365 g/mol. The summed E-state index contributed by atoms with van der Waals surface area (Å²) in [5.74, 6) is 1.34. The molecule has 0 fully saturated rings. The van der Waals surface area contributed by atoms with Crippen molar-refractivity contribution in [2.75, 3.05) is 13.1 Å². The van der Waals surface area contributed by atoms with Crippen molar-refractivity contribution in [2.24, 2.45) is 4.99 Å². The molecule has 2 heterocycles. The van der Waals surface area contributed by atoms with Crippen LogP contribution in [0.4, 0.5) is 0 Å². The minimum Gasteiger partial charge on any atom is -0.357 e. The standard InChI is InChI=1S/C17H27N5S2/c1-6-18-17(20-9-15-21-12(4)13(5)24-15)19-8-7-14-10-23-16(22-14)11(2)3/h10-11H,6-9H2,1-5H3,(H2,18,19,20). The number of guanidine groups is 1. The van der Waals surface area contributed by atoms with Crippen LogP contribution in [-0.4, -0.2) is 29.0 Å². The summed E-state index contributed by atoms with van der Waals surface area (Å²) >= 11 is 3.46. The van der Waals surface area contributed by atoms with E-state index in [0.717, 1.165) is 41.9 Å². The second-order valence-electron chi connectivity index (χ2n) is 5.95. The van der Waals surface area contributed by atoms with Crippen LogP contribution >= 0.6 is 22.7 Å². The SMILES string of the molecule is CCNC(=NCc1nc(C)c(C)s1)NCCc1csc(C(C)C)n1. The summed E-state index contributed by atoms with van der Waals surface area (Å²) in [6, 6.07) is 0. The first kappa shape index (κ1) is 18.9. The van der Waals surface area contributed by atoms with E-state index >= 15 is 0 Å². The molecule has 0 aliphatic heterocycles. The third-order valence-corrected chi connectivity index (χ3v) is 5.78. The second kappa shape index (κ2) is 9.13. The first-order valence-electron chi connectivity index (χ1n) is 8.39. The summed E-state index contributed by atoms with van der Waals surface area (Å²) in [5, 5.41) is 11.1. The third kappa shape index (κ3) is 5.56. The maximum atomic E-state index is 4.67. The van der Waals surface area contributed by atoms with Crippen LogP contribution in [0.2, 0.25) is 0 Å². The van der Waals surface area contributed by atoms with Crippen molar-refractivity contribution < 1.29 is 0 Å². The Morgan fingerprint density at radius 3 is 2.62 bits per heavy atom. The largest absolute Gasteiger partial charge is 0.357 e. The number of aliphatic imine (C=N–C) groups is 1. The van der Waals surface area contributed by atoms with Crippen molar-refractivity contribution in [3.8, 4) is 0 Å². The van der Waals surface area contributed by atoms with E-state index in [4.69, 9.17) is 0 Å². The highest BCUT2D eigenvalue weighted by atomic mass is 32.1. The van der Waals surface area contributed by atoms with E-state index in [1.54, 1.807) is 22.7 Å². The molecule has 0 saturated carbocycles. The van der Waals surface area contributed by atoms with Crippen LogP contribution in [0, 0.1) is 13.8 Å². The highest BCUT2D eigenvalue weighted by Gasteiger charge is 2.07. The Hall–Kier alpha value is -1.47. The molecule has 0 aliphatic rings. The lowest BCUT2D eigenvalue weighted by atomic mass is 10.2. The fourth-order valence-corrected chi connectivity index (χ4v) is 3.83. The maximum Gasteiger partial charge on any atom is 0.191 e. The summed E-state index contributed by atoms with van der Waals surface area (Å²) in [4.78, 5) is 15.1. The molecule has 7 heteroatoms. The van der Waals surface area contributed by atoms with Crippen molar-refractivity contribution in [3.63, 3.8) is 0 Å².